The van der Waals surface area contributed by atoms with Crippen molar-refractivity contribution in [2.75, 3.05) is 11.9 Å². The summed E-state index contributed by atoms with van der Waals surface area (Å²) in [4.78, 5) is 40.7. The molecule has 31 heavy (non-hydrogen) atoms. The highest BCUT2D eigenvalue weighted by Crippen LogP contribution is 2.29. The van der Waals surface area contributed by atoms with E-state index in [0.717, 1.165) is 5.56 Å². The summed E-state index contributed by atoms with van der Waals surface area (Å²) < 4.78 is 5.31. The van der Waals surface area contributed by atoms with Crippen LogP contribution in [0.25, 0.3) is 0 Å². The monoisotopic (exact) mass is 413 g/mol. The van der Waals surface area contributed by atoms with Crippen molar-refractivity contribution in [2.45, 2.75) is 6.54 Å². The predicted molar refractivity (Wildman–Crippen MR) is 112 cm³/mol. The van der Waals surface area contributed by atoms with Crippen LogP contribution in [0.5, 0.6) is 5.75 Å². The number of nitrogens with one attached hydrogen (secondary N) is 1. The van der Waals surface area contributed by atoms with Gasteiger partial charge in [0.25, 0.3) is 5.91 Å². The predicted octanol–water partition coefficient (Wildman–Crippen LogP) is 3.56. The Bertz CT molecular complexity index is 1230. The highest BCUT2D eigenvalue weighted by Gasteiger charge is 2.23. The lowest BCUT2D eigenvalue weighted by Crippen LogP contribution is -2.25. The minimum atomic E-state index is -0.671. The Labute approximate surface area is 177 Å². The molecule has 3 aromatic rings. The first-order valence-electron chi connectivity index (χ1n) is 9.48. The standard InChI is InChI=1S/C23H16N4O4/c28-21-14-31-20-11-10-16(12-19(20)25-21)22(29)17-8-4-5-9-18(17)23(30)26-27-24-13-15-6-2-1-3-7-15/h1-12H,13-14H2/p+1. The number of ether oxygens (including phenoxy) is 1. The van der Waals surface area contributed by atoms with E-state index in [2.05, 4.69) is 20.5 Å². The van der Waals surface area contributed by atoms with Crippen LogP contribution in [0.1, 0.15) is 31.8 Å². The molecule has 1 aliphatic heterocycles. The molecule has 0 fully saturated rings. The van der Waals surface area contributed by atoms with Gasteiger partial charge in [-0.3, -0.25) is 14.4 Å². The van der Waals surface area contributed by atoms with Gasteiger partial charge in [0.1, 0.15) is 17.4 Å². The first-order chi connectivity index (χ1) is 15.1. The highest BCUT2D eigenvalue weighted by atomic mass is 16.5. The number of carbonyl (C=O) groups is 3. The van der Waals surface area contributed by atoms with Gasteiger partial charge >= 0.3 is 5.91 Å². The van der Waals surface area contributed by atoms with Crippen LogP contribution in [0.4, 0.5) is 5.69 Å². The van der Waals surface area contributed by atoms with Crippen molar-refractivity contribution in [3.8, 4) is 5.75 Å². The van der Waals surface area contributed by atoms with Crippen molar-refractivity contribution in [2.24, 2.45) is 10.2 Å². The van der Waals surface area contributed by atoms with Crippen LogP contribution in [0.15, 0.2) is 83.0 Å². The quantitative estimate of drug-likeness (QED) is 0.392. The minimum Gasteiger partial charge on any atom is -0.482 e. The fourth-order valence-corrected chi connectivity index (χ4v) is 3.07. The second kappa shape index (κ2) is 8.94. The van der Waals surface area contributed by atoms with E-state index >= 15 is 0 Å². The molecule has 1 N–H and O–H groups in total. The molecule has 0 spiro atoms. The maximum absolute atomic E-state index is 13.1. The van der Waals surface area contributed by atoms with Gasteiger partial charge in [0.2, 0.25) is 10.0 Å². The molecule has 2 amide bonds. The van der Waals surface area contributed by atoms with Crippen LogP contribution in [0.2, 0.25) is 0 Å². The zero-order chi connectivity index (χ0) is 21.6. The van der Waals surface area contributed by atoms with Gasteiger partial charge in [-0.15, -0.1) is 0 Å². The number of fused-ring (bicyclic) bond motifs is 1. The van der Waals surface area contributed by atoms with Crippen LogP contribution in [-0.2, 0) is 11.3 Å². The van der Waals surface area contributed by atoms with E-state index in [1.54, 1.807) is 30.3 Å². The molecule has 0 bridgehead atoms. The minimum absolute atomic E-state index is 0.0715. The lowest BCUT2D eigenvalue weighted by molar-refractivity contribution is -0.118. The van der Waals surface area contributed by atoms with E-state index in [-0.39, 0.29) is 29.4 Å². The van der Waals surface area contributed by atoms with Crippen LogP contribution in [-0.4, -0.2) is 24.2 Å². The summed E-state index contributed by atoms with van der Waals surface area (Å²) in [7, 11) is 0. The molecular weight excluding hydrogens is 396 g/mol. The van der Waals surface area contributed by atoms with Crippen molar-refractivity contribution < 1.29 is 19.1 Å². The molecule has 0 aliphatic carbocycles. The fourth-order valence-electron chi connectivity index (χ4n) is 3.07. The molecule has 0 radical (unpaired) electrons. The number of carbonyl (C=O) groups excluding carboxylic acids is 3. The lowest BCUT2D eigenvalue weighted by atomic mass is 9.97. The second-order valence-corrected chi connectivity index (χ2v) is 6.70. The smallest absolute Gasteiger partial charge is 0.361 e. The van der Waals surface area contributed by atoms with E-state index in [0.29, 0.717) is 23.5 Å². The van der Waals surface area contributed by atoms with E-state index in [4.69, 9.17) is 4.74 Å². The van der Waals surface area contributed by atoms with Gasteiger partial charge in [-0.1, -0.05) is 48.5 Å². The number of ketones is 1. The van der Waals surface area contributed by atoms with E-state index in [1.165, 1.54) is 12.1 Å². The van der Waals surface area contributed by atoms with E-state index in [9.17, 15) is 14.4 Å². The van der Waals surface area contributed by atoms with Gasteiger partial charge in [-0.25, -0.2) is 0 Å². The molecule has 0 aromatic heterocycles. The van der Waals surface area contributed by atoms with E-state index in [1.807, 2.05) is 30.3 Å². The average Bonchev–Trinajstić information content (AvgIpc) is 2.81. The average molecular weight is 413 g/mol. The van der Waals surface area contributed by atoms with Crippen LogP contribution < -0.4 is 15.0 Å². The Kier molecular flexibility index (Phi) is 5.73. The van der Waals surface area contributed by atoms with Gasteiger partial charge in [0, 0.05) is 11.1 Å². The number of hydrogen-bond donors (Lipinski definition) is 1. The maximum atomic E-state index is 13.1. The third kappa shape index (κ3) is 4.60. The van der Waals surface area contributed by atoms with Crippen LogP contribution >= 0.6 is 0 Å². The molecule has 0 unspecified atom stereocenters. The second-order valence-electron chi connectivity index (χ2n) is 6.70. The number of rotatable bonds is 5. The zero-order valence-corrected chi connectivity index (χ0v) is 16.3. The summed E-state index contributed by atoms with van der Waals surface area (Å²) in [6.45, 7) is 0.221. The SMILES string of the molecule is O=C1COc2ccc(C(=O)c3ccccc3C(=O)N=[N+]=NCc3ccccc3)cc2N1. The van der Waals surface area contributed by atoms with Crippen molar-refractivity contribution in [3.63, 3.8) is 0 Å². The summed E-state index contributed by atoms with van der Waals surface area (Å²) in [5.74, 6) is -0.875. The third-order valence-corrected chi connectivity index (χ3v) is 4.57. The van der Waals surface area contributed by atoms with Crippen molar-refractivity contribution in [3.05, 3.63) is 95.1 Å². The molecular formula is C23H17N4O4+. The lowest BCUT2D eigenvalue weighted by Gasteiger charge is -2.18. The Morgan fingerprint density at radius 3 is 2.52 bits per heavy atom. The van der Waals surface area contributed by atoms with Crippen molar-refractivity contribution in [1.29, 1.82) is 0 Å². The number of amides is 2. The zero-order valence-electron chi connectivity index (χ0n) is 16.3. The first kappa shape index (κ1) is 19.9. The molecule has 1 heterocycles. The van der Waals surface area contributed by atoms with Crippen molar-refractivity contribution >= 4 is 23.3 Å². The number of anilines is 1. The molecule has 0 saturated carbocycles. The van der Waals surface area contributed by atoms with Gasteiger partial charge in [-0.2, -0.15) is 0 Å². The topological polar surface area (TPSA) is 111 Å². The molecule has 152 valence electrons. The summed E-state index contributed by atoms with van der Waals surface area (Å²) in [5, 5.41) is 10.2. The van der Waals surface area contributed by atoms with Gasteiger partial charge in [0.05, 0.1) is 11.3 Å². The van der Waals surface area contributed by atoms with Crippen LogP contribution in [0, 0.1) is 0 Å². The number of nitrogens with zero attached hydrogens (tertiary/aromatic N) is 3. The molecule has 1 aliphatic rings. The molecule has 0 atom stereocenters. The molecule has 0 saturated heterocycles. The van der Waals surface area contributed by atoms with Crippen LogP contribution in [0.3, 0.4) is 0 Å². The Morgan fingerprint density at radius 1 is 0.968 bits per heavy atom. The van der Waals surface area contributed by atoms with E-state index < -0.39 is 5.91 Å². The Morgan fingerprint density at radius 2 is 1.71 bits per heavy atom. The molecule has 4 rings (SSSR count). The molecule has 3 aromatic carbocycles. The summed E-state index contributed by atoms with van der Waals surface area (Å²) >= 11 is 0. The number of hydrogen-bond acceptors (Lipinski definition) is 5. The normalized spacial score (nSPS) is 11.9. The summed E-state index contributed by atoms with van der Waals surface area (Å²) in [6, 6.07) is 20.5. The summed E-state index contributed by atoms with van der Waals surface area (Å²) in [6.07, 6.45) is 0. The Balaban J connectivity index is 1.56. The highest BCUT2D eigenvalue weighted by molar-refractivity contribution is 6.16. The summed E-state index contributed by atoms with van der Waals surface area (Å²) in [5.41, 5.74) is 1.94. The number of benzene rings is 3. The van der Waals surface area contributed by atoms with Crippen molar-refractivity contribution in [1.82, 2.24) is 4.91 Å². The maximum Gasteiger partial charge on any atom is 0.361 e. The van der Waals surface area contributed by atoms with Gasteiger partial charge < -0.3 is 10.1 Å². The first-order valence-corrected chi connectivity index (χ1v) is 9.48. The third-order valence-electron chi connectivity index (χ3n) is 4.57. The Hall–Kier alpha value is -4.42. The van der Waals surface area contributed by atoms with Gasteiger partial charge in [0.15, 0.2) is 12.4 Å². The molecule has 8 heteroatoms. The molecule has 8 nitrogen and oxygen atoms in total. The van der Waals surface area contributed by atoms with Gasteiger partial charge in [-0.05, 0) is 29.8 Å². The fraction of sp³-hybridized carbons (Fsp3) is 0.0870. The largest absolute Gasteiger partial charge is 0.482 e.